The van der Waals surface area contributed by atoms with Gasteiger partial charge in [0.25, 0.3) is 0 Å². The predicted molar refractivity (Wildman–Crippen MR) is 87.1 cm³/mol. The Morgan fingerprint density at radius 2 is 2.08 bits per heavy atom. The summed E-state index contributed by atoms with van der Waals surface area (Å²) in [7, 11) is 0. The summed E-state index contributed by atoms with van der Waals surface area (Å²) in [5.74, 6) is -2.53. The zero-order valence-electron chi connectivity index (χ0n) is 13.2. The average molecular weight is 388 g/mol. The number of rotatable bonds is 3. The summed E-state index contributed by atoms with van der Waals surface area (Å²) in [6.07, 6.45) is -6.51. The maximum atomic E-state index is 14.2. The summed E-state index contributed by atoms with van der Waals surface area (Å²) in [5, 5.41) is 22.4. The van der Waals surface area contributed by atoms with E-state index < -0.39 is 29.8 Å². The van der Waals surface area contributed by atoms with Crippen LogP contribution in [0.25, 0.3) is 0 Å². The van der Waals surface area contributed by atoms with E-state index in [0.29, 0.717) is 22.2 Å². The number of aliphatic hydroxyl groups is 1. The van der Waals surface area contributed by atoms with E-state index in [1.807, 2.05) is 0 Å². The first-order valence-electron chi connectivity index (χ1n) is 7.32. The Kier molecular flexibility index (Phi) is 4.49. The van der Waals surface area contributed by atoms with Gasteiger partial charge in [0.05, 0.1) is 5.56 Å². The number of benzene rings is 1. The molecule has 26 heavy (non-hydrogen) atoms. The Balaban J connectivity index is 1.92. The highest BCUT2D eigenvalue weighted by atomic mass is 32.1. The standard InChI is InChI=1S/C16H12F4N2O3S/c1-6-10-13(23)21-9(22-14(10)26-12(6)15(24)25)5-7-3-2-4-8(11(7)17)16(18,19)20/h2-4,13,23H,5H2,1H3,(H,21,22)(H,24,25). The molecule has 1 atom stereocenters. The van der Waals surface area contributed by atoms with E-state index >= 15 is 0 Å². The van der Waals surface area contributed by atoms with Crippen LogP contribution in [0.1, 0.15) is 38.2 Å². The number of anilines is 1. The summed E-state index contributed by atoms with van der Waals surface area (Å²) >= 11 is 0.874. The Morgan fingerprint density at radius 1 is 1.38 bits per heavy atom. The first-order chi connectivity index (χ1) is 12.1. The SMILES string of the molecule is Cc1c(C(=O)O)sc2c1C(O)N=C(Cc1cccc(C(F)(F)F)c1F)N2. The van der Waals surface area contributed by atoms with Crippen molar-refractivity contribution in [3.05, 3.63) is 51.1 Å². The molecule has 138 valence electrons. The fraction of sp³-hybridized carbons (Fsp3) is 0.250. The molecular formula is C16H12F4N2O3S. The first kappa shape index (κ1) is 18.3. The first-order valence-corrected chi connectivity index (χ1v) is 8.14. The van der Waals surface area contributed by atoms with Gasteiger partial charge in [0.2, 0.25) is 0 Å². The molecule has 0 fully saturated rings. The van der Waals surface area contributed by atoms with Crippen LogP contribution in [0.5, 0.6) is 0 Å². The van der Waals surface area contributed by atoms with Crippen LogP contribution >= 0.6 is 11.3 Å². The fourth-order valence-electron chi connectivity index (χ4n) is 2.71. The largest absolute Gasteiger partial charge is 0.477 e. The molecule has 10 heteroatoms. The number of halogens is 4. The van der Waals surface area contributed by atoms with Gasteiger partial charge in [0.15, 0.2) is 6.23 Å². The summed E-state index contributed by atoms with van der Waals surface area (Å²) in [4.78, 5) is 15.1. The lowest BCUT2D eigenvalue weighted by molar-refractivity contribution is -0.140. The minimum Gasteiger partial charge on any atom is -0.477 e. The topological polar surface area (TPSA) is 81.9 Å². The molecule has 0 spiro atoms. The lowest BCUT2D eigenvalue weighted by Gasteiger charge is -2.20. The molecule has 5 nitrogen and oxygen atoms in total. The molecule has 1 aromatic carbocycles. The number of aromatic carboxylic acids is 1. The van der Waals surface area contributed by atoms with Crippen LogP contribution in [-0.4, -0.2) is 22.0 Å². The Morgan fingerprint density at radius 3 is 2.69 bits per heavy atom. The average Bonchev–Trinajstić information content (AvgIpc) is 2.85. The van der Waals surface area contributed by atoms with E-state index in [9.17, 15) is 27.5 Å². The van der Waals surface area contributed by atoms with Gasteiger partial charge in [-0.3, -0.25) is 0 Å². The van der Waals surface area contributed by atoms with Gasteiger partial charge in [-0.2, -0.15) is 13.2 Å². The van der Waals surface area contributed by atoms with Crippen LogP contribution in [0.3, 0.4) is 0 Å². The molecule has 1 aliphatic heterocycles. The van der Waals surface area contributed by atoms with Gasteiger partial charge >= 0.3 is 12.1 Å². The fourth-order valence-corrected chi connectivity index (χ4v) is 3.81. The molecule has 1 aromatic heterocycles. The third-order valence-corrected chi connectivity index (χ3v) is 5.13. The number of amidine groups is 1. The number of carboxylic acid groups (broad SMARTS) is 1. The summed E-state index contributed by atoms with van der Waals surface area (Å²) in [6, 6.07) is 2.92. The quantitative estimate of drug-likeness (QED) is 0.695. The molecule has 1 aliphatic rings. The molecule has 0 amide bonds. The lowest BCUT2D eigenvalue weighted by atomic mass is 10.0. The van der Waals surface area contributed by atoms with Crippen LogP contribution in [0.15, 0.2) is 23.2 Å². The number of hydrogen-bond donors (Lipinski definition) is 3. The second kappa shape index (κ2) is 6.36. The van der Waals surface area contributed by atoms with Crippen molar-refractivity contribution in [2.24, 2.45) is 4.99 Å². The van der Waals surface area contributed by atoms with Gasteiger partial charge < -0.3 is 15.5 Å². The zero-order valence-corrected chi connectivity index (χ0v) is 14.0. The number of nitrogens with zero attached hydrogens (tertiary/aromatic N) is 1. The van der Waals surface area contributed by atoms with E-state index in [4.69, 9.17) is 5.11 Å². The van der Waals surface area contributed by atoms with Gasteiger partial charge in [-0.1, -0.05) is 12.1 Å². The summed E-state index contributed by atoms with van der Waals surface area (Å²) in [6.45, 7) is 1.52. The van der Waals surface area contributed by atoms with Crippen molar-refractivity contribution in [3.63, 3.8) is 0 Å². The van der Waals surface area contributed by atoms with E-state index in [-0.39, 0.29) is 22.7 Å². The number of hydrogen-bond acceptors (Lipinski definition) is 5. The van der Waals surface area contributed by atoms with Crippen molar-refractivity contribution in [2.45, 2.75) is 25.7 Å². The predicted octanol–water partition coefficient (Wildman–Crippen LogP) is 3.97. The van der Waals surface area contributed by atoms with Crippen molar-refractivity contribution in [1.29, 1.82) is 0 Å². The number of carboxylic acids is 1. The highest BCUT2D eigenvalue weighted by molar-refractivity contribution is 7.18. The van der Waals surface area contributed by atoms with Crippen molar-refractivity contribution in [2.75, 3.05) is 5.32 Å². The smallest absolute Gasteiger partial charge is 0.419 e. The third kappa shape index (κ3) is 3.17. The molecule has 3 N–H and O–H groups in total. The number of fused-ring (bicyclic) bond motifs is 1. The van der Waals surface area contributed by atoms with E-state index in [2.05, 4.69) is 10.3 Å². The molecule has 2 heterocycles. The number of carbonyl (C=O) groups is 1. The molecule has 0 saturated heterocycles. The highest BCUT2D eigenvalue weighted by Gasteiger charge is 2.35. The minimum absolute atomic E-state index is 0.0169. The monoisotopic (exact) mass is 388 g/mol. The third-order valence-electron chi connectivity index (χ3n) is 3.92. The Hall–Kier alpha value is -2.46. The number of aliphatic hydroxyl groups excluding tert-OH is 1. The molecule has 0 radical (unpaired) electrons. The van der Waals surface area contributed by atoms with Crippen molar-refractivity contribution >= 4 is 28.1 Å². The van der Waals surface area contributed by atoms with Crippen LogP contribution in [0.4, 0.5) is 22.6 Å². The van der Waals surface area contributed by atoms with Crippen LogP contribution in [0, 0.1) is 12.7 Å². The number of aliphatic imine (C=N–C) groups is 1. The molecule has 0 bridgehead atoms. The lowest BCUT2D eigenvalue weighted by Crippen LogP contribution is -2.22. The number of nitrogens with one attached hydrogen (secondary N) is 1. The zero-order chi connectivity index (χ0) is 19.2. The second-order valence-corrected chi connectivity index (χ2v) is 6.65. The minimum atomic E-state index is -4.82. The van der Waals surface area contributed by atoms with Gasteiger partial charge in [0, 0.05) is 12.0 Å². The maximum absolute atomic E-state index is 14.2. The van der Waals surface area contributed by atoms with Crippen LogP contribution in [0.2, 0.25) is 0 Å². The highest BCUT2D eigenvalue weighted by Crippen LogP contribution is 2.40. The molecule has 2 aromatic rings. The second-order valence-electron chi connectivity index (χ2n) is 5.63. The normalized spacial score (nSPS) is 16.7. The van der Waals surface area contributed by atoms with Gasteiger partial charge in [-0.25, -0.2) is 14.2 Å². The van der Waals surface area contributed by atoms with Crippen molar-refractivity contribution < 1.29 is 32.6 Å². The Labute approximate surface area is 148 Å². The van der Waals surface area contributed by atoms with Crippen molar-refractivity contribution in [1.82, 2.24) is 0 Å². The molecule has 3 rings (SSSR count). The molecule has 0 saturated carbocycles. The molecule has 1 unspecified atom stereocenters. The number of alkyl halides is 3. The Bertz CT molecular complexity index is 921. The number of thiophene rings is 1. The summed E-state index contributed by atoms with van der Waals surface area (Å²) < 4.78 is 52.6. The van der Waals surface area contributed by atoms with Crippen LogP contribution in [-0.2, 0) is 12.6 Å². The molecular weight excluding hydrogens is 376 g/mol. The summed E-state index contributed by atoms with van der Waals surface area (Å²) in [5.41, 5.74) is -0.979. The van der Waals surface area contributed by atoms with E-state index in [0.717, 1.165) is 17.4 Å². The van der Waals surface area contributed by atoms with Crippen molar-refractivity contribution in [3.8, 4) is 0 Å². The van der Waals surface area contributed by atoms with Gasteiger partial charge in [0.1, 0.15) is 21.5 Å². The van der Waals surface area contributed by atoms with E-state index in [1.165, 1.54) is 13.0 Å². The van der Waals surface area contributed by atoms with Crippen LogP contribution < -0.4 is 5.32 Å². The van der Waals surface area contributed by atoms with E-state index in [1.54, 1.807) is 0 Å². The van der Waals surface area contributed by atoms with Gasteiger partial charge in [-0.05, 0) is 24.1 Å². The van der Waals surface area contributed by atoms with Gasteiger partial charge in [-0.15, -0.1) is 11.3 Å². The molecule has 0 aliphatic carbocycles. The maximum Gasteiger partial charge on any atom is 0.419 e.